The average Bonchev–Trinajstić information content (AvgIpc) is 2.81. The maximum atomic E-state index is 9.76. The van der Waals surface area contributed by atoms with Crippen LogP contribution in [-0.2, 0) is 0 Å². The van der Waals surface area contributed by atoms with Crippen molar-refractivity contribution < 1.29 is 5.11 Å². The molecule has 0 spiro atoms. The van der Waals surface area contributed by atoms with E-state index in [2.05, 4.69) is 20.8 Å². The van der Waals surface area contributed by atoms with Gasteiger partial charge in [-0.05, 0) is 30.6 Å². The smallest absolute Gasteiger partial charge is 0.0568 e. The van der Waals surface area contributed by atoms with Crippen molar-refractivity contribution >= 4 is 0 Å². The quantitative estimate of drug-likeness (QED) is 0.672. The fourth-order valence-electron chi connectivity index (χ4n) is 1.52. The van der Waals surface area contributed by atoms with Gasteiger partial charge >= 0.3 is 0 Å². The Bertz CT molecular complexity index is 127. The number of aliphatic hydroxyl groups is 1. The van der Waals surface area contributed by atoms with Crippen molar-refractivity contribution in [2.24, 2.45) is 17.8 Å². The fourth-order valence-corrected chi connectivity index (χ4v) is 1.52. The standard InChI is InChI=1S/C11H22O/c1-8(2)9(3)11(12)7-6-10-4-5-10/h8-12H,4-7H2,1-3H3. The van der Waals surface area contributed by atoms with Crippen LogP contribution in [0.4, 0.5) is 0 Å². The lowest BCUT2D eigenvalue weighted by molar-refractivity contribution is 0.0806. The predicted molar refractivity (Wildman–Crippen MR) is 52.0 cm³/mol. The van der Waals surface area contributed by atoms with Gasteiger partial charge in [-0.15, -0.1) is 0 Å². The summed E-state index contributed by atoms with van der Waals surface area (Å²) < 4.78 is 0. The average molecular weight is 170 g/mol. The van der Waals surface area contributed by atoms with Crippen molar-refractivity contribution in [1.29, 1.82) is 0 Å². The van der Waals surface area contributed by atoms with E-state index in [1.807, 2.05) is 0 Å². The molecule has 1 heteroatoms. The van der Waals surface area contributed by atoms with Gasteiger partial charge in [-0.1, -0.05) is 33.6 Å². The van der Waals surface area contributed by atoms with Crippen LogP contribution in [0.15, 0.2) is 0 Å². The molecule has 2 atom stereocenters. The first kappa shape index (κ1) is 10.0. The second kappa shape index (κ2) is 4.27. The van der Waals surface area contributed by atoms with Gasteiger partial charge in [0, 0.05) is 0 Å². The topological polar surface area (TPSA) is 20.2 Å². The first-order chi connectivity index (χ1) is 5.61. The summed E-state index contributed by atoms with van der Waals surface area (Å²) in [6.07, 6.45) is 5.01. The monoisotopic (exact) mass is 170 g/mol. The van der Waals surface area contributed by atoms with Crippen LogP contribution >= 0.6 is 0 Å². The highest BCUT2D eigenvalue weighted by molar-refractivity contribution is 4.76. The first-order valence-electron chi connectivity index (χ1n) is 5.29. The van der Waals surface area contributed by atoms with Crippen LogP contribution in [0.5, 0.6) is 0 Å². The fraction of sp³-hybridized carbons (Fsp3) is 1.00. The predicted octanol–water partition coefficient (Wildman–Crippen LogP) is 2.83. The molecule has 1 N–H and O–H groups in total. The van der Waals surface area contributed by atoms with Crippen molar-refractivity contribution in [2.45, 2.75) is 52.6 Å². The Labute approximate surface area is 76.2 Å². The molecule has 0 heterocycles. The minimum Gasteiger partial charge on any atom is -0.393 e. The Hall–Kier alpha value is -0.0400. The summed E-state index contributed by atoms with van der Waals surface area (Å²) in [6.45, 7) is 6.53. The second-order valence-corrected chi connectivity index (χ2v) is 4.69. The molecule has 12 heavy (non-hydrogen) atoms. The van der Waals surface area contributed by atoms with Gasteiger partial charge in [0.1, 0.15) is 0 Å². The van der Waals surface area contributed by atoms with Gasteiger partial charge in [-0.2, -0.15) is 0 Å². The lowest BCUT2D eigenvalue weighted by Crippen LogP contribution is -2.22. The maximum Gasteiger partial charge on any atom is 0.0568 e. The molecule has 0 saturated heterocycles. The van der Waals surface area contributed by atoms with Gasteiger partial charge in [-0.25, -0.2) is 0 Å². The largest absolute Gasteiger partial charge is 0.393 e. The Kier molecular flexibility index (Phi) is 3.57. The van der Waals surface area contributed by atoms with E-state index < -0.39 is 0 Å². The molecule has 1 rings (SSSR count). The highest BCUT2D eigenvalue weighted by Crippen LogP contribution is 2.34. The summed E-state index contributed by atoms with van der Waals surface area (Å²) >= 11 is 0. The van der Waals surface area contributed by atoms with E-state index in [1.54, 1.807) is 0 Å². The molecular formula is C11H22O. The molecule has 0 aromatic rings. The molecular weight excluding hydrogens is 148 g/mol. The molecule has 1 nitrogen and oxygen atoms in total. The summed E-state index contributed by atoms with van der Waals surface area (Å²) in [6, 6.07) is 0. The number of aliphatic hydroxyl groups excluding tert-OH is 1. The van der Waals surface area contributed by atoms with Gasteiger partial charge in [0.15, 0.2) is 0 Å². The van der Waals surface area contributed by atoms with Crippen LogP contribution in [0, 0.1) is 17.8 Å². The molecule has 1 aliphatic carbocycles. The van der Waals surface area contributed by atoms with E-state index >= 15 is 0 Å². The van der Waals surface area contributed by atoms with E-state index in [1.165, 1.54) is 19.3 Å². The molecule has 1 aliphatic rings. The van der Waals surface area contributed by atoms with Crippen LogP contribution in [0.1, 0.15) is 46.5 Å². The Morgan fingerprint density at radius 3 is 2.25 bits per heavy atom. The summed E-state index contributed by atoms with van der Waals surface area (Å²) in [5, 5.41) is 9.76. The maximum absolute atomic E-state index is 9.76. The van der Waals surface area contributed by atoms with Crippen molar-refractivity contribution in [3.05, 3.63) is 0 Å². The molecule has 1 fully saturated rings. The van der Waals surface area contributed by atoms with Gasteiger partial charge < -0.3 is 5.11 Å². The summed E-state index contributed by atoms with van der Waals surface area (Å²) in [5.41, 5.74) is 0. The summed E-state index contributed by atoms with van der Waals surface area (Å²) in [5.74, 6) is 2.03. The van der Waals surface area contributed by atoms with Crippen molar-refractivity contribution in [3.8, 4) is 0 Å². The van der Waals surface area contributed by atoms with E-state index in [9.17, 15) is 5.11 Å². The SMILES string of the molecule is CC(C)C(C)C(O)CCC1CC1. The molecule has 1 saturated carbocycles. The Morgan fingerprint density at radius 1 is 1.25 bits per heavy atom. The molecule has 0 amide bonds. The molecule has 0 bridgehead atoms. The van der Waals surface area contributed by atoms with Crippen molar-refractivity contribution in [2.75, 3.05) is 0 Å². The molecule has 0 aromatic heterocycles. The molecule has 2 unspecified atom stereocenters. The number of hydrogen-bond acceptors (Lipinski definition) is 1. The second-order valence-electron chi connectivity index (χ2n) is 4.69. The van der Waals surface area contributed by atoms with Crippen LogP contribution < -0.4 is 0 Å². The van der Waals surface area contributed by atoms with E-state index in [0.29, 0.717) is 11.8 Å². The zero-order valence-corrected chi connectivity index (χ0v) is 8.59. The lowest BCUT2D eigenvalue weighted by atomic mass is 9.89. The third kappa shape index (κ3) is 3.14. The van der Waals surface area contributed by atoms with Crippen LogP contribution in [0.3, 0.4) is 0 Å². The van der Waals surface area contributed by atoms with Gasteiger partial charge in [0.05, 0.1) is 6.10 Å². The highest BCUT2D eigenvalue weighted by atomic mass is 16.3. The van der Waals surface area contributed by atoms with E-state index in [4.69, 9.17) is 0 Å². The van der Waals surface area contributed by atoms with Gasteiger partial charge in [0.2, 0.25) is 0 Å². The number of hydrogen-bond donors (Lipinski definition) is 1. The molecule has 72 valence electrons. The van der Waals surface area contributed by atoms with Crippen molar-refractivity contribution in [3.63, 3.8) is 0 Å². The highest BCUT2D eigenvalue weighted by Gasteiger charge is 2.24. The molecule has 0 radical (unpaired) electrons. The summed E-state index contributed by atoms with van der Waals surface area (Å²) in [7, 11) is 0. The van der Waals surface area contributed by atoms with E-state index in [-0.39, 0.29) is 6.10 Å². The normalized spacial score (nSPS) is 22.8. The van der Waals surface area contributed by atoms with Crippen LogP contribution in [-0.4, -0.2) is 11.2 Å². The van der Waals surface area contributed by atoms with Crippen LogP contribution in [0.2, 0.25) is 0 Å². The minimum atomic E-state index is -0.0643. The summed E-state index contributed by atoms with van der Waals surface area (Å²) in [4.78, 5) is 0. The third-order valence-corrected chi connectivity index (χ3v) is 3.23. The zero-order chi connectivity index (χ0) is 9.14. The number of rotatable bonds is 5. The third-order valence-electron chi connectivity index (χ3n) is 3.23. The lowest BCUT2D eigenvalue weighted by Gasteiger charge is -2.21. The molecule has 0 aliphatic heterocycles. The Morgan fingerprint density at radius 2 is 1.83 bits per heavy atom. The first-order valence-corrected chi connectivity index (χ1v) is 5.29. The zero-order valence-electron chi connectivity index (χ0n) is 8.59. The van der Waals surface area contributed by atoms with Gasteiger partial charge in [0.25, 0.3) is 0 Å². The van der Waals surface area contributed by atoms with Crippen molar-refractivity contribution in [1.82, 2.24) is 0 Å². The van der Waals surface area contributed by atoms with E-state index in [0.717, 1.165) is 12.3 Å². The molecule has 0 aromatic carbocycles. The minimum absolute atomic E-state index is 0.0643. The van der Waals surface area contributed by atoms with Crippen LogP contribution in [0.25, 0.3) is 0 Å². The Balaban J connectivity index is 2.11. The van der Waals surface area contributed by atoms with Gasteiger partial charge in [-0.3, -0.25) is 0 Å².